The normalized spacial score (nSPS) is 12.0. The fourth-order valence-electron chi connectivity index (χ4n) is 2.78. The Balaban J connectivity index is 1.36. The third kappa shape index (κ3) is 4.17. The maximum absolute atomic E-state index is 12.4. The lowest BCUT2D eigenvalue weighted by molar-refractivity contribution is 0.0948. The molecule has 4 aromatic rings. The Bertz CT molecular complexity index is 1320. The fraction of sp³-hybridized carbons (Fsp3) is 0.105. The monoisotopic (exact) mass is 443 g/mol. The van der Waals surface area contributed by atoms with Crippen LogP contribution in [-0.4, -0.2) is 29.9 Å². The van der Waals surface area contributed by atoms with Crippen LogP contribution in [-0.2, 0) is 16.6 Å². The van der Waals surface area contributed by atoms with E-state index in [1.54, 1.807) is 47.9 Å². The molecule has 154 valence electrons. The van der Waals surface area contributed by atoms with E-state index in [1.807, 2.05) is 5.38 Å². The molecule has 0 fully saturated rings. The summed E-state index contributed by atoms with van der Waals surface area (Å²) in [6.07, 6.45) is 3.11. The second-order valence-corrected chi connectivity index (χ2v) is 8.88. The first kappa shape index (κ1) is 20.0. The van der Waals surface area contributed by atoms with Gasteiger partial charge in [-0.05, 0) is 31.2 Å². The number of thiazole rings is 1. The summed E-state index contributed by atoms with van der Waals surface area (Å²) < 4.78 is 34.2. The molecule has 11 heteroatoms. The summed E-state index contributed by atoms with van der Waals surface area (Å²) in [5.41, 5.74) is 3.47. The molecule has 0 radical (unpaired) electrons. The average molecular weight is 444 g/mol. The molecule has 1 amide bonds. The molecule has 3 heterocycles. The number of aromatic nitrogens is 2. The van der Waals surface area contributed by atoms with Crippen LogP contribution in [0.3, 0.4) is 0 Å². The maximum Gasteiger partial charge on any atom is 0.290 e. The summed E-state index contributed by atoms with van der Waals surface area (Å²) >= 11 is 1.44. The zero-order chi connectivity index (χ0) is 21.1. The highest BCUT2D eigenvalue weighted by Gasteiger charge is 2.17. The highest BCUT2D eigenvalue weighted by molar-refractivity contribution is 7.89. The van der Waals surface area contributed by atoms with Gasteiger partial charge in [0.15, 0.2) is 4.96 Å². The number of nitrogens with zero attached hydrogens (tertiary/aromatic N) is 3. The molecular formula is C19H17N5O4S2. The van der Waals surface area contributed by atoms with E-state index in [0.717, 1.165) is 4.96 Å². The molecule has 3 aromatic heterocycles. The second-order valence-electron chi connectivity index (χ2n) is 6.24. The Labute approximate surface area is 176 Å². The van der Waals surface area contributed by atoms with E-state index in [2.05, 4.69) is 20.2 Å². The molecule has 0 aliphatic rings. The number of hydrogen-bond acceptors (Lipinski definition) is 7. The first-order chi connectivity index (χ1) is 14.4. The zero-order valence-corrected chi connectivity index (χ0v) is 17.4. The van der Waals surface area contributed by atoms with E-state index in [1.165, 1.54) is 29.7 Å². The lowest BCUT2D eigenvalue weighted by atomic mass is 10.3. The summed E-state index contributed by atoms with van der Waals surface area (Å²) in [6.45, 7) is 1.75. The molecule has 0 unspecified atom stereocenters. The molecule has 0 aliphatic carbocycles. The minimum atomic E-state index is -3.63. The van der Waals surface area contributed by atoms with Gasteiger partial charge in [0.25, 0.3) is 5.91 Å². The van der Waals surface area contributed by atoms with E-state index in [9.17, 15) is 13.2 Å². The summed E-state index contributed by atoms with van der Waals surface area (Å²) in [5.74, 6) is 0.390. The first-order valence-electron chi connectivity index (χ1n) is 8.83. The lowest BCUT2D eigenvalue weighted by Gasteiger charge is -2.04. The fourth-order valence-corrected chi connectivity index (χ4v) is 4.56. The van der Waals surface area contributed by atoms with Gasteiger partial charge < -0.3 is 4.42 Å². The van der Waals surface area contributed by atoms with Crippen LogP contribution in [0.5, 0.6) is 0 Å². The van der Waals surface area contributed by atoms with Crippen molar-refractivity contribution >= 4 is 38.4 Å². The minimum absolute atomic E-state index is 0.0113. The Kier molecular flexibility index (Phi) is 5.48. The van der Waals surface area contributed by atoms with E-state index in [4.69, 9.17) is 4.42 Å². The predicted molar refractivity (Wildman–Crippen MR) is 112 cm³/mol. The number of nitrogens with one attached hydrogen (secondary N) is 2. The number of amides is 1. The van der Waals surface area contributed by atoms with Gasteiger partial charge in [0, 0.05) is 11.6 Å². The van der Waals surface area contributed by atoms with E-state index in [0.29, 0.717) is 22.9 Å². The summed E-state index contributed by atoms with van der Waals surface area (Å²) in [7, 11) is -3.63. The number of benzene rings is 1. The van der Waals surface area contributed by atoms with Gasteiger partial charge in [-0.1, -0.05) is 18.2 Å². The van der Waals surface area contributed by atoms with Crippen LogP contribution < -0.4 is 10.1 Å². The molecule has 1 aromatic carbocycles. The van der Waals surface area contributed by atoms with Crippen LogP contribution in [0.2, 0.25) is 0 Å². The zero-order valence-electron chi connectivity index (χ0n) is 15.8. The molecule has 0 atom stereocenters. The predicted octanol–water partition coefficient (Wildman–Crippen LogP) is 2.54. The molecule has 0 saturated heterocycles. The van der Waals surface area contributed by atoms with Crippen LogP contribution in [0.25, 0.3) is 4.96 Å². The first-order valence-corrected chi connectivity index (χ1v) is 11.2. The van der Waals surface area contributed by atoms with Gasteiger partial charge in [-0.3, -0.25) is 9.20 Å². The summed E-state index contributed by atoms with van der Waals surface area (Å²) in [5, 5.41) is 5.75. The van der Waals surface area contributed by atoms with Gasteiger partial charge >= 0.3 is 0 Å². The topological polar surface area (TPSA) is 118 Å². The van der Waals surface area contributed by atoms with Crippen molar-refractivity contribution in [3.63, 3.8) is 0 Å². The smallest absolute Gasteiger partial charge is 0.290 e. The van der Waals surface area contributed by atoms with Crippen LogP contribution in [0.1, 0.15) is 27.7 Å². The third-order valence-corrected chi connectivity index (χ3v) is 6.36. The number of furan rings is 1. The highest BCUT2D eigenvalue weighted by Crippen LogP contribution is 2.16. The van der Waals surface area contributed by atoms with Crippen LogP contribution in [0.4, 0.5) is 0 Å². The molecule has 2 N–H and O–H groups in total. The third-order valence-electron chi connectivity index (χ3n) is 4.18. The quantitative estimate of drug-likeness (QED) is 0.336. The van der Waals surface area contributed by atoms with Crippen molar-refractivity contribution < 1.29 is 17.6 Å². The van der Waals surface area contributed by atoms with Gasteiger partial charge in [0.05, 0.1) is 23.3 Å². The number of carbonyl (C=O) groups excluding carboxylic acids is 1. The Morgan fingerprint density at radius 3 is 2.87 bits per heavy atom. The number of fused-ring (bicyclic) bond motifs is 1. The van der Waals surface area contributed by atoms with Crippen molar-refractivity contribution in [2.75, 3.05) is 0 Å². The number of hydrazone groups is 1. The van der Waals surface area contributed by atoms with Crippen LogP contribution in [0, 0.1) is 6.92 Å². The van der Waals surface area contributed by atoms with Gasteiger partial charge in [0.2, 0.25) is 10.0 Å². The second kappa shape index (κ2) is 8.22. The van der Waals surface area contributed by atoms with Crippen molar-refractivity contribution in [3.05, 3.63) is 76.9 Å². The number of imidazole rings is 1. The molecule has 0 bridgehead atoms. The maximum atomic E-state index is 12.4. The molecule has 0 spiro atoms. The van der Waals surface area contributed by atoms with E-state index < -0.39 is 15.9 Å². The Morgan fingerprint density at radius 2 is 2.07 bits per heavy atom. The van der Waals surface area contributed by atoms with Crippen molar-refractivity contribution in [2.45, 2.75) is 18.4 Å². The van der Waals surface area contributed by atoms with Gasteiger partial charge in [-0.25, -0.2) is 23.5 Å². The van der Waals surface area contributed by atoms with Crippen molar-refractivity contribution in [3.8, 4) is 0 Å². The Morgan fingerprint density at radius 1 is 1.27 bits per heavy atom. The standard InChI is InChI=1S/C19H17N5O4S2/c1-13-17(24-9-10-29-19(24)22-13)18(25)23-20-11-14-7-8-15(28-14)12-21-30(26,27)16-5-3-2-4-6-16/h2-11,21H,12H2,1H3,(H,23,25)/b20-11+. The van der Waals surface area contributed by atoms with E-state index in [-0.39, 0.29) is 11.4 Å². The molecule has 0 aliphatic heterocycles. The highest BCUT2D eigenvalue weighted by atomic mass is 32.2. The molecule has 4 rings (SSSR count). The lowest BCUT2D eigenvalue weighted by Crippen LogP contribution is -2.22. The molecular weight excluding hydrogens is 426 g/mol. The SMILES string of the molecule is Cc1nc2sccn2c1C(=O)N/N=C/c1ccc(CNS(=O)(=O)c2ccccc2)o1. The number of aryl methyl sites for hydroxylation is 1. The molecule has 9 nitrogen and oxygen atoms in total. The van der Waals surface area contributed by atoms with E-state index >= 15 is 0 Å². The largest absolute Gasteiger partial charge is 0.459 e. The van der Waals surface area contributed by atoms with Gasteiger partial charge in [-0.2, -0.15) is 5.10 Å². The number of rotatable bonds is 7. The number of sulfonamides is 1. The molecule has 30 heavy (non-hydrogen) atoms. The number of hydrogen-bond donors (Lipinski definition) is 2. The number of carbonyl (C=O) groups is 1. The van der Waals surface area contributed by atoms with Crippen molar-refractivity contribution in [1.29, 1.82) is 0 Å². The van der Waals surface area contributed by atoms with Crippen LogP contribution in [0.15, 0.2) is 68.5 Å². The van der Waals surface area contributed by atoms with Crippen molar-refractivity contribution in [1.82, 2.24) is 19.5 Å². The summed E-state index contributed by atoms with van der Waals surface area (Å²) in [4.78, 5) is 17.6. The minimum Gasteiger partial charge on any atom is -0.459 e. The van der Waals surface area contributed by atoms with Gasteiger partial charge in [0.1, 0.15) is 17.2 Å². The van der Waals surface area contributed by atoms with Crippen molar-refractivity contribution in [2.24, 2.45) is 5.10 Å². The Hall–Kier alpha value is -3.28. The van der Waals surface area contributed by atoms with Crippen LogP contribution >= 0.6 is 11.3 Å². The molecule has 0 saturated carbocycles. The average Bonchev–Trinajstić information content (AvgIpc) is 3.43. The van der Waals surface area contributed by atoms with Gasteiger partial charge in [-0.15, -0.1) is 11.3 Å². The summed E-state index contributed by atoms with van der Waals surface area (Å²) in [6, 6.07) is 11.3.